The number of hydrogen-bond donors (Lipinski definition) is 1. The summed E-state index contributed by atoms with van der Waals surface area (Å²) in [6.07, 6.45) is 1.81. The summed E-state index contributed by atoms with van der Waals surface area (Å²) in [5, 5.41) is 3.65. The van der Waals surface area contributed by atoms with Crippen LogP contribution in [-0.4, -0.2) is 36.1 Å². The predicted octanol–water partition coefficient (Wildman–Crippen LogP) is 2.27. The Morgan fingerprint density at radius 2 is 2.35 bits per heavy atom. The summed E-state index contributed by atoms with van der Waals surface area (Å²) in [5.74, 6) is 0. The fourth-order valence-electron chi connectivity index (χ4n) is 2.55. The second-order valence-corrected chi connectivity index (χ2v) is 6.32. The molecule has 1 aromatic heterocycles. The normalized spacial score (nSPS) is 24.1. The lowest BCUT2D eigenvalue weighted by molar-refractivity contribution is 0.297. The lowest BCUT2D eigenvalue weighted by Crippen LogP contribution is -2.40. The number of likely N-dealkylation sites (tertiary alicyclic amines) is 1. The summed E-state index contributed by atoms with van der Waals surface area (Å²) in [6, 6.07) is 4.63. The van der Waals surface area contributed by atoms with E-state index >= 15 is 0 Å². The van der Waals surface area contributed by atoms with E-state index in [2.05, 4.69) is 58.1 Å². The molecule has 0 aromatic carbocycles. The van der Waals surface area contributed by atoms with Crippen molar-refractivity contribution < 1.29 is 0 Å². The fraction of sp³-hybridized carbons (Fsp3) is 0.615. The van der Waals surface area contributed by atoms with E-state index in [4.69, 9.17) is 0 Å². The van der Waals surface area contributed by atoms with Crippen LogP contribution in [0.2, 0.25) is 0 Å². The molecule has 0 radical (unpaired) electrons. The fourth-order valence-corrected chi connectivity index (χ4v) is 2.94. The minimum atomic E-state index is 0.337. The van der Waals surface area contributed by atoms with Gasteiger partial charge in [0.25, 0.3) is 0 Å². The third-order valence-corrected chi connectivity index (χ3v) is 4.20. The molecule has 0 aliphatic carbocycles. The zero-order valence-electron chi connectivity index (χ0n) is 10.7. The molecule has 1 fully saturated rings. The van der Waals surface area contributed by atoms with Crippen LogP contribution < -0.4 is 5.32 Å². The monoisotopic (exact) mass is 297 g/mol. The molecule has 1 aliphatic rings. The topological polar surface area (TPSA) is 28.2 Å². The van der Waals surface area contributed by atoms with Gasteiger partial charge in [0.2, 0.25) is 0 Å². The standard InChI is InChI=1S/C13H20BrN3/c1-13(2)9-17(3)8-11(13)16-7-10-5-4-6-15-12(10)14/h4-6,11,16H,7-9H2,1-3H3. The Morgan fingerprint density at radius 3 is 2.94 bits per heavy atom. The van der Waals surface area contributed by atoms with Crippen LogP contribution in [0.4, 0.5) is 0 Å². The van der Waals surface area contributed by atoms with E-state index in [1.54, 1.807) is 6.20 Å². The van der Waals surface area contributed by atoms with Crippen LogP contribution in [0.3, 0.4) is 0 Å². The van der Waals surface area contributed by atoms with E-state index in [1.165, 1.54) is 5.56 Å². The number of nitrogens with one attached hydrogen (secondary N) is 1. The second-order valence-electron chi connectivity index (χ2n) is 5.57. The van der Waals surface area contributed by atoms with Crippen LogP contribution in [0.25, 0.3) is 0 Å². The highest BCUT2D eigenvalue weighted by Crippen LogP contribution is 2.28. The third-order valence-electron chi connectivity index (χ3n) is 3.49. The molecule has 0 bridgehead atoms. The SMILES string of the molecule is CN1CC(NCc2cccnc2Br)C(C)(C)C1. The summed E-state index contributed by atoms with van der Waals surface area (Å²) in [4.78, 5) is 6.63. The number of aromatic nitrogens is 1. The highest BCUT2D eigenvalue weighted by Gasteiger charge is 2.37. The number of halogens is 1. The first-order valence-electron chi connectivity index (χ1n) is 6.00. The van der Waals surface area contributed by atoms with E-state index in [0.29, 0.717) is 11.5 Å². The molecule has 3 nitrogen and oxygen atoms in total. The van der Waals surface area contributed by atoms with Gasteiger partial charge < -0.3 is 10.2 Å². The number of rotatable bonds is 3. The molecule has 0 spiro atoms. The average molecular weight is 298 g/mol. The van der Waals surface area contributed by atoms with Crippen LogP contribution in [0.1, 0.15) is 19.4 Å². The minimum absolute atomic E-state index is 0.337. The van der Waals surface area contributed by atoms with Crippen molar-refractivity contribution in [2.45, 2.75) is 26.4 Å². The highest BCUT2D eigenvalue weighted by atomic mass is 79.9. The molecule has 0 saturated carbocycles. The maximum absolute atomic E-state index is 4.24. The number of likely N-dealkylation sites (N-methyl/N-ethyl adjacent to an activating group) is 1. The minimum Gasteiger partial charge on any atom is -0.308 e. The van der Waals surface area contributed by atoms with Gasteiger partial charge in [0.1, 0.15) is 4.60 Å². The van der Waals surface area contributed by atoms with Crippen LogP contribution in [0.15, 0.2) is 22.9 Å². The first-order valence-corrected chi connectivity index (χ1v) is 6.80. The Morgan fingerprint density at radius 1 is 1.59 bits per heavy atom. The molecule has 1 aliphatic heterocycles. The molecule has 1 saturated heterocycles. The molecule has 94 valence electrons. The molecule has 1 unspecified atom stereocenters. The quantitative estimate of drug-likeness (QED) is 0.868. The molecule has 2 rings (SSSR count). The van der Waals surface area contributed by atoms with Gasteiger partial charge >= 0.3 is 0 Å². The van der Waals surface area contributed by atoms with Crippen molar-refractivity contribution in [3.63, 3.8) is 0 Å². The van der Waals surface area contributed by atoms with Crippen molar-refractivity contribution in [2.24, 2.45) is 5.41 Å². The smallest absolute Gasteiger partial charge is 0.110 e. The molecule has 1 atom stereocenters. The average Bonchev–Trinajstić information content (AvgIpc) is 2.50. The first kappa shape index (κ1) is 13.0. The lowest BCUT2D eigenvalue weighted by Gasteiger charge is -2.26. The Hall–Kier alpha value is -0.450. The van der Waals surface area contributed by atoms with Gasteiger partial charge in [0, 0.05) is 31.9 Å². The maximum Gasteiger partial charge on any atom is 0.110 e. The van der Waals surface area contributed by atoms with Gasteiger partial charge in [0.05, 0.1) is 0 Å². The number of hydrogen-bond acceptors (Lipinski definition) is 3. The Labute approximate surface area is 112 Å². The number of pyridine rings is 1. The molecule has 2 heterocycles. The largest absolute Gasteiger partial charge is 0.308 e. The molecular weight excluding hydrogens is 278 g/mol. The van der Waals surface area contributed by atoms with Gasteiger partial charge in [-0.25, -0.2) is 4.98 Å². The second kappa shape index (κ2) is 5.04. The third kappa shape index (κ3) is 3.06. The van der Waals surface area contributed by atoms with Gasteiger partial charge in [-0.2, -0.15) is 0 Å². The zero-order chi connectivity index (χ0) is 12.5. The van der Waals surface area contributed by atoms with Gasteiger partial charge in [0.15, 0.2) is 0 Å². The molecule has 17 heavy (non-hydrogen) atoms. The molecule has 1 N–H and O–H groups in total. The first-order chi connectivity index (χ1) is 7.99. The van der Waals surface area contributed by atoms with Crippen LogP contribution in [0, 0.1) is 5.41 Å². The van der Waals surface area contributed by atoms with E-state index in [-0.39, 0.29) is 0 Å². The zero-order valence-corrected chi connectivity index (χ0v) is 12.3. The molecule has 1 aromatic rings. The lowest BCUT2D eigenvalue weighted by atomic mass is 9.88. The Balaban J connectivity index is 1.97. The summed E-state index contributed by atoms with van der Waals surface area (Å²) in [5.41, 5.74) is 1.56. The van der Waals surface area contributed by atoms with E-state index < -0.39 is 0 Å². The maximum atomic E-state index is 4.24. The van der Waals surface area contributed by atoms with Gasteiger partial charge in [-0.15, -0.1) is 0 Å². The summed E-state index contributed by atoms with van der Waals surface area (Å²) in [7, 11) is 2.18. The van der Waals surface area contributed by atoms with Crippen molar-refractivity contribution in [1.29, 1.82) is 0 Å². The van der Waals surface area contributed by atoms with Gasteiger partial charge in [-0.3, -0.25) is 0 Å². The van der Waals surface area contributed by atoms with Crippen molar-refractivity contribution in [3.8, 4) is 0 Å². The van der Waals surface area contributed by atoms with Crippen LogP contribution >= 0.6 is 15.9 Å². The summed E-state index contributed by atoms with van der Waals surface area (Å²) in [6.45, 7) is 7.79. The van der Waals surface area contributed by atoms with Crippen LogP contribution in [0.5, 0.6) is 0 Å². The Bertz CT molecular complexity index is 392. The van der Waals surface area contributed by atoms with Crippen molar-refractivity contribution in [2.75, 3.05) is 20.1 Å². The summed E-state index contributed by atoms with van der Waals surface area (Å²) < 4.78 is 0.941. The van der Waals surface area contributed by atoms with E-state index in [0.717, 1.165) is 24.2 Å². The molecule has 4 heteroatoms. The van der Waals surface area contributed by atoms with Crippen molar-refractivity contribution in [3.05, 3.63) is 28.5 Å². The van der Waals surface area contributed by atoms with Gasteiger partial charge in [-0.1, -0.05) is 19.9 Å². The number of nitrogens with zero attached hydrogens (tertiary/aromatic N) is 2. The van der Waals surface area contributed by atoms with Crippen molar-refractivity contribution in [1.82, 2.24) is 15.2 Å². The summed E-state index contributed by atoms with van der Waals surface area (Å²) >= 11 is 3.48. The molecular formula is C13H20BrN3. The van der Waals surface area contributed by atoms with Crippen LogP contribution in [-0.2, 0) is 6.54 Å². The molecule has 0 amide bonds. The predicted molar refractivity (Wildman–Crippen MR) is 73.8 cm³/mol. The Kier molecular flexibility index (Phi) is 3.85. The highest BCUT2D eigenvalue weighted by molar-refractivity contribution is 9.10. The van der Waals surface area contributed by atoms with E-state index in [1.807, 2.05) is 6.07 Å². The van der Waals surface area contributed by atoms with Gasteiger partial charge in [-0.05, 0) is 40.0 Å². The van der Waals surface area contributed by atoms with Crippen molar-refractivity contribution >= 4 is 15.9 Å². The van der Waals surface area contributed by atoms with E-state index in [9.17, 15) is 0 Å².